The van der Waals surface area contributed by atoms with Crippen LogP contribution in [0.5, 0.6) is 0 Å². The van der Waals surface area contributed by atoms with Gasteiger partial charge in [-0.25, -0.2) is 10.5 Å². The van der Waals surface area contributed by atoms with E-state index in [9.17, 15) is 4.79 Å². The summed E-state index contributed by atoms with van der Waals surface area (Å²) in [6.07, 6.45) is 5.55. The third-order valence-electron chi connectivity index (χ3n) is 6.01. The maximum atomic E-state index is 11.5. The van der Waals surface area contributed by atoms with Crippen LogP contribution in [-0.2, 0) is 13.1 Å². The number of nitrogens with one attached hydrogen (secondary N) is 1. The van der Waals surface area contributed by atoms with Gasteiger partial charge in [0.2, 0.25) is 0 Å². The molecule has 0 unspecified atom stereocenters. The highest BCUT2D eigenvalue weighted by Gasteiger charge is 2.29. The number of aromatic nitrogens is 2. The van der Waals surface area contributed by atoms with Crippen molar-refractivity contribution in [3.05, 3.63) is 83.9 Å². The van der Waals surface area contributed by atoms with Crippen LogP contribution in [0.15, 0.2) is 67.3 Å². The second-order valence-corrected chi connectivity index (χ2v) is 8.34. The van der Waals surface area contributed by atoms with E-state index in [2.05, 4.69) is 52.9 Å². The molecular weight excluding hydrogens is 390 g/mol. The molecule has 0 radical (unpaired) electrons. The Bertz CT molecular complexity index is 974. The van der Waals surface area contributed by atoms with Crippen LogP contribution in [0, 0.1) is 0 Å². The number of nitrogens with zero attached hydrogens (tertiary/aromatic N) is 4. The Morgan fingerprint density at radius 3 is 2.19 bits per heavy atom. The van der Waals surface area contributed by atoms with Crippen LogP contribution in [0.3, 0.4) is 0 Å². The van der Waals surface area contributed by atoms with Crippen LogP contribution < -0.4 is 5.48 Å². The Morgan fingerprint density at radius 1 is 1.00 bits per heavy atom. The van der Waals surface area contributed by atoms with Crippen molar-refractivity contribution < 1.29 is 10.0 Å². The third kappa shape index (κ3) is 5.02. The van der Waals surface area contributed by atoms with Gasteiger partial charge in [-0.1, -0.05) is 24.3 Å². The minimum Gasteiger partial charge on any atom is -0.306 e. The largest absolute Gasteiger partial charge is 0.306 e. The number of amides is 1. The summed E-state index contributed by atoms with van der Waals surface area (Å²) in [6, 6.07) is 16.9. The van der Waals surface area contributed by atoms with Gasteiger partial charge in [0.05, 0.1) is 6.33 Å². The summed E-state index contributed by atoms with van der Waals surface area (Å²) in [5.41, 5.74) is 5.73. The molecule has 0 bridgehead atoms. The van der Waals surface area contributed by atoms with E-state index in [4.69, 9.17) is 5.21 Å². The molecular formula is C24H29N5O2. The van der Waals surface area contributed by atoms with E-state index >= 15 is 0 Å². The monoisotopic (exact) mass is 419 g/mol. The second kappa shape index (κ2) is 9.43. The molecule has 1 saturated heterocycles. The van der Waals surface area contributed by atoms with Crippen molar-refractivity contribution in [3.63, 3.8) is 0 Å². The Balaban J connectivity index is 1.35. The molecule has 1 amide bonds. The zero-order valence-corrected chi connectivity index (χ0v) is 18.0. The Morgan fingerprint density at radius 2 is 1.61 bits per heavy atom. The number of piperazine rings is 1. The first-order chi connectivity index (χ1) is 15.0. The lowest BCUT2D eigenvalue weighted by Crippen LogP contribution is -2.55. The molecule has 162 valence electrons. The predicted molar refractivity (Wildman–Crippen MR) is 119 cm³/mol. The average Bonchev–Trinajstić information content (AvgIpc) is 3.32. The molecule has 2 heterocycles. The second-order valence-electron chi connectivity index (χ2n) is 8.34. The standard InChI is InChI=1S/C24H29N5O2/c1-18-13-27(15-20-5-9-23(10-6-20)28-12-11-25-17-28)14-19(2)29(18)16-21-3-7-22(8-4-21)24(30)26-31/h3-12,17-19,31H,13-16H2,1-2H3,(H,26,30)/t18-,19+. The number of hydrogen-bond donors (Lipinski definition) is 2. The summed E-state index contributed by atoms with van der Waals surface area (Å²) in [6.45, 7) is 8.36. The van der Waals surface area contributed by atoms with Gasteiger partial charge in [-0.05, 0) is 49.2 Å². The first kappa shape index (κ1) is 21.2. The number of rotatable bonds is 6. The van der Waals surface area contributed by atoms with E-state index in [-0.39, 0.29) is 0 Å². The van der Waals surface area contributed by atoms with Crippen LogP contribution in [0.2, 0.25) is 0 Å². The van der Waals surface area contributed by atoms with E-state index in [0.717, 1.165) is 37.4 Å². The summed E-state index contributed by atoms with van der Waals surface area (Å²) in [7, 11) is 0. The van der Waals surface area contributed by atoms with E-state index in [1.165, 1.54) is 5.56 Å². The van der Waals surface area contributed by atoms with Crippen LogP contribution in [0.25, 0.3) is 5.69 Å². The van der Waals surface area contributed by atoms with Crippen molar-refractivity contribution in [1.82, 2.24) is 24.8 Å². The third-order valence-corrected chi connectivity index (χ3v) is 6.01. The molecule has 0 spiro atoms. The number of hydrogen-bond acceptors (Lipinski definition) is 5. The number of carbonyl (C=O) groups excluding carboxylic acids is 1. The van der Waals surface area contributed by atoms with Gasteiger partial charge in [0, 0.05) is 61.9 Å². The topological polar surface area (TPSA) is 73.6 Å². The van der Waals surface area contributed by atoms with Crippen molar-refractivity contribution in [2.24, 2.45) is 0 Å². The van der Waals surface area contributed by atoms with Crippen LogP contribution in [0.1, 0.15) is 35.3 Å². The average molecular weight is 420 g/mol. The van der Waals surface area contributed by atoms with Gasteiger partial charge in [0.15, 0.2) is 0 Å². The highest BCUT2D eigenvalue weighted by atomic mass is 16.5. The molecule has 1 aromatic heterocycles. The molecule has 1 fully saturated rings. The zero-order chi connectivity index (χ0) is 21.8. The number of imidazole rings is 1. The lowest BCUT2D eigenvalue weighted by atomic mass is 10.0. The first-order valence-corrected chi connectivity index (χ1v) is 10.6. The van der Waals surface area contributed by atoms with E-state index < -0.39 is 5.91 Å². The predicted octanol–water partition coefficient (Wildman–Crippen LogP) is 3.09. The van der Waals surface area contributed by atoms with Gasteiger partial charge in [-0.3, -0.25) is 19.8 Å². The summed E-state index contributed by atoms with van der Waals surface area (Å²) in [5.74, 6) is -0.486. The van der Waals surface area contributed by atoms with Crippen LogP contribution >= 0.6 is 0 Å². The quantitative estimate of drug-likeness (QED) is 0.475. The fraction of sp³-hybridized carbons (Fsp3) is 0.333. The molecule has 4 rings (SSSR count). The Kier molecular flexibility index (Phi) is 6.46. The van der Waals surface area contributed by atoms with Crippen molar-refractivity contribution in [2.75, 3.05) is 13.1 Å². The molecule has 2 atom stereocenters. The molecule has 7 heteroatoms. The van der Waals surface area contributed by atoms with Crippen molar-refractivity contribution >= 4 is 5.91 Å². The van der Waals surface area contributed by atoms with Gasteiger partial charge in [0.25, 0.3) is 5.91 Å². The smallest absolute Gasteiger partial charge is 0.274 e. The highest BCUT2D eigenvalue weighted by Crippen LogP contribution is 2.21. The lowest BCUT2D eigenvalue weighted by Gasteiger charge is -2.44. The fourth-order valence-corrected chi connectivity index (χ4v) is 4.39. The van der Waals surface area contributed by atoms with Crippen LogP contribution in [0.4, 0.5) is 0 Å². The zero-order valence-electron chi connectivity index (χ0n) is 18.0. The van der Waals surface area contributed by atoms with Crippen molar-refractivity contribution in [3.8, 4) is 5.69 Å². The van der Waals surface area contributed by atoms with Crippen molar-refractivity contribution in [2.45, 2.75) is 39.0 Å². The van der Waals surface area contributed by atoms with Gasteiger partial charge < -0.3 is 4.57 Å². The normalized spacial score (nSPS) is 20.0. The van der Waals surface area contributed by atoms with E-state index in [0.29, 0.717) is 17.6 Å². The summed E-state index contributed by atoms with van der Waals surface area (Å²) < 4.78 is 2.01. The number of hydroxylamine groups is 1. The van der Waals surface area contributed by atoms with Gasteiger partial charge >= 0.3 is 0 Å². The molecule has 0 aliphatic carbocycles. The summed E-state index contributed by atoms with van der Waals surface area (Å²) in [4.78, 5) is 20.6. The Hall–Kier alpha value is -3.00. The summed E-state index contributed by atoms with van der Waals surface area (Å²) >= 11 is 0. The van der Waals surface area contributed by atoms with Gasteiger partial charge in [-0.15, -0.1) is 0 Å². The SMILES string of the molecule is C[C@@H]1CN(Cc2ccc(-n3ccnc3)cc2)C[C@H](C)N1Cc1ccc(C(=O)NO)cc1. The maximum absolute atomic E-state index is 11.5. The summed E-state index contributed by atoms with van der Waals surface area (Å²) in [5, 5.41) is 8.76. The lowest BCUT2D eigenvalue weighted by molar-refractivity contribution is 0.0290. The van der Waals surface area contributed by atoms with Gasteiger partial charge in [0.1, 0.15) is 0 Å². The molecule has 1 aliphatic heterocycles. The maximum Gasteiger partial charge on any atom is 0.274 e. The minimum atomic E-state index is -0.486. The number of carbonyl (C=O) groups is 1. The molecule has 0 saturated carbocycles. The molecule has 2 aromatic carbocycles. The highest BCUT2D eigenvalue weighted by molar-refractivity contribution is 5.93. The first-order valence-electron chi connectivity index (χ1n) is 10.6. The Labute approximate surface area is 182 Å². The number of benzene rings is 2. The molecule has 3 aromatic rings. The molecule has 1 aliphatic rings. The van der Waals surface area contributed by atoms with Gasteiger partial charge in [-0.2, -0.15) is 0 Å². The molecule has 7 nitrogen and oxygen atoms in total. The fourth-order valence-electron chi connectivity index (χ4n) is 4.39. The molecule has 31 heavy (non-hydrogen) atoms. The molecule has 2 N–H and O–H groups in total. The van der Waals surface area contributed by atoms with Crippen LogP contribution in [-0.4, -0.2) is 55.6 Å². The van der Waals surface area contributed by atoms with E-state index in [1.54, 1.807) is 23.8 Å². The van der Waals surface area contributed by atoms with E-state index in [1.807, 2.05) is 29.2 Å². The minimum absolute atomic E-state index is 0.425. The van der Waals surface area contributed by atoms with Crippen molar-refractivity contribution in [1.29, 1.82) is 0 Å².